The Morgan fingerprint density at radius 2 is 1.90 bits per heavy atom. The zero-order valence-electron chi connectivity index (χ0n) is 17.7. The van der Waals surface area contributed by atoms with E-state index in [1.165, 1.54) is 0 Å². The molecule has 1 amide bonds. The van der Waals surface area contributed by atoms with Crippen LogP contribution in [0.25, 0.3) is 0 Å². The summed E-state index contributed by atoms with van der Waals surface area (Å²) in [5.41, 5.74) is 2.12. The van der Waals surface area contributed by atoms with Crippen molar-refractivity contribution in [3.63, 3.8) is 0 Å². The van der Waals surface area contributed by atoms with Crippen LogP contribution in [0.3, 0.4) is 0 Å². The summed E-state index contributed by atoms with van der Waals surface area (Å²) in [6.07, 6.45) is 5.18. The van der Waals surface area contributed by atoms with Crippen LogP contribution >= 0.6 is 11.6 Å². The lowest BCUT2D eigenvalue weighted by Gasteiger charge is -2.38. The summed E-state index contributed by atoms with van der Waals surface area (Å²) in [6, 6.07) is 5.75. The molecule has 1 aromatic heterocycles. The van der Waals surface area contributed by atoms with Gasteiger partial charge in [0.1, 0.15) is 0 Å². The minimum Gasteiger partial charge on any atom is -0.394 e. The minimum absolute atomic E-state index is 0.00408. The van der Waals surface area contributed by atoms with E-state index < -0.39 is 11.0 Å². The molecule has 4 rings (SSSR count). The summed E-state index contributed by atoms with van der Waals surface area (Å²) >= 11 is 6.25. The number of carbonyl (C=O) groups is 1. The van der Waals surface area contributed by atoms with Gasteiger partial charge in [0.25, 0.3) is 0 Å². The predicted molar refractivity (Wildman–Crippen MR) is 118 cm³/mol. The number of aromatic nitrogens is 2. The lowest BCUT2D eigenvalue weighted by molar-refractivity contribution is -0.124. The molecule has 160 valence electrons. The van der Waals surface area contributed by atoms with E-state index in [4.69, 9.17) is 11.6 Å². The van der Waals surface area contributed by atoms with Crippen LogP contribution < -0.4 is 10.2 Å². The maximum absolute atomic E-state index is 13.1. The Bertz CT molecular complexity index is 939. The highest BCUT2D eigenvalue weighted by molar-refractivity contribution is 6.31. The van der Waals surface area contributed by atoms with Gasteiger partial charge < -0.3 is 15.3 Å². The smallest absolute Gasteiger partial charge is 0.237 e. The molecule has 1 saturated heterocycles. The van der Waals surface area contributed by atoms with Crippen molar-refractivity contribution in [3.8, 4) is 0 Å². The van der Waals surface area contributed by atoms with Crippen LogP contribution in [0.5, 0.6) is 0 Å². The number of aliphatic hydroxyl groups excluding tert-OH is 1. The molecule has 3 heterocycles. The lowest BCUT2D eigenvalue weighted by Crippen LogP contribution is -2.47. The summed E-state index contributed by atoms with van der Waals surface area (Å²) in [7, 11) is 1.85. The predicted octanol–water partition coefficient (Wildman–Crippen LogP) is 2.82. The highest BCUT2D eigenvalue weighted by Crippen LogP contribution is 2.48. The molecule has 8 heteroatoms. The zero-order chi connectivity index (χ0) is 21.5. The molecule has 2 N–H and O–H groups in total. The first-order chi connectivity index (χ1) is 14.2. The molecule has 0 saturated carbocycles. The van der Waals surface area contributed by atoms with Crippen molar-refractivity contribution in [1.82, 2.24) is 14.9 Å². The van der Waals surface area contributed by atoms with Crippen molar-refractivity contribution < 1.29 is 9.90 Å². The van der Waals surface area contributed by atoms with Crippen LogP contribution in [0, 0.1) is 0 Å². The van der Waals surface area contributed by atoms with Crippen molar-refractivity contribution in [2.75, 3.05) is 37.0 Å². The van der Waals surface area contributed by atoms with Gasteiger partial charge in [0.15, 0.2) is 0 Å². The SMILES string of the molecule is CN1C(=O)C2(CCN(Cc3cnc(NC(C)(C)CO)nc3)CC2)c2cc(Cl)ccc21. The first kappa shape index (κ1) is 21.0. The zero-order valence-corrected chi connectivity index (χ0v) is 18.4. The number of amides is 1. The molecule has 0 atom stereocenters. The van der Waals surface area contributed by atoms with Gasteiger partial charge in [-0.3, -0.25) is 9.69 Å². The highest BCUT2D eigenvalue weighted by Gasteiger charge is 2.50. The third-order valence-electron chi connectivity index (χ3n) is 6.22. The van der Waals surface area contributed by atoms with Crippen LogP contribution in [0.4, 0.5) is 11.6 Å². The Morgan fingerprint density at radius 3 is 2.53 bits per heavy atom. The van der Waals surface area contributed by atoms with Crippen molar-refractivity contribution in [2.45, 2.75) is 44.2 Å². The van der Waals surface area contributed by atoms with Crippen molar-refractivity contribution >= 4 is 29.1 Å². The normalized spacial score (nSPS) is 18.7. The number of likely N-dealkylation sites (tertiary alicyclic amines) is 1. The Morgan fingerprint density at radius 1 is 1.23 bits per heavy atom. The molecule has 2 aromatic rings. The van der Waals surface area contributed by atoms with Crippen molar-refractivity contribution in [2.24, 2.45) is 0 Å². The monoisotopic (exact) mass is 429 g/mol. The van der Waals surface area contributed by atoms with E-state index in [9.17, 15) is 9.90 Å². The number of nitrogens with zero attached hydrogens (tertiary/aromatic N) is 4. The molecule has 0 aliphatic carbocycles. The largest absolute Gasteiger partial charge is 0.394 e. The van der Waals surface area contributed by atoms with Gasteiger partial charge in [0.2, 0.25) is 11.9 Å². The van der Waals surface area contributed by atoms with Gasteiger partial charge in [-0.2, -0.15) is 0 Å². The number of carbonyl (C=O) groups excluding carboxylic acids is 1. The van der Waals surface area contributed by atoms with Crippen molar-refractivity contribution in [3.05, 3.63) is 46.7 Å². The van der Waals surface area contributed by atoms with E-state index in [0.29, 0.717) is 11.0 Å². The molecule has 0 unspecified atom stereocenters. The van der Waals surface area contributed by atoms with Gasteiger partial charge >= 0.3 is 0 Å². The van der Waals surface area contributed by atoms with E-state index in [2.05, 4.69) is 20.2 Å². The second-order valence-corrected chi connectivity index (χ2v) is 9.40. The van der Waals surface area contributed by atoms with Gasteiger partial charge in [-0.25, -0.2) is 9.97 Å². The molecular formula is C22H28ClN5O2. The third kappa shape index (κ3) is 3.77. The summed E-state index contributed by atoms with van der Waals surface area (Å²) in [5, 5.41) is 13.2. The fraction of sp³-hybridized carbons (Fsp3) is 0.500. The molecule has 0 bridgehead atoms. The summed E-state index contributed by atoms with van der Waals surface area (Å²) in [4.78, 5) is 26.0. The molecule has 7 nitrogen and oxygen atoms in total. The van der Waals surface area contributed by atoms with Crippen molar-refractivity contribution in [1.29, 1.82) is 0 Å². The van der Waals surface area contributed by atoms with Gasteiger partial charge in [-0.05, 0) is 63.5 Å². The minimum atomic E-state index is -0.469. The molecular weight excluding hydrogens is 402 g/mol. The van der Waals surface area contributed by atoms with E-state index >= 15 is 0 Å². The van der Waals surface area contributed by atoms with Gasteiger partial charge in [-0.1, -0.05) is 11.6 Å². The number of hydrogen-bond donors (Lipinski definition) is 2. The van der Waals surface area contributed by atoms with Gasteiger partial charge in [-0.15, -0.1) is 0 Å². The number of nitrogens with one attached hydrogen (secondary N) is 1. The third-order valence-corrected chi connectivity index (χ3v) is 6.45. The van der Waals surface area contributed by atoms with Crippen LogP contribution in [-0.2, 0) is 16.8 Å². The molecule has 0 radical (unpaired) electrons. The number of piperidine rings is 1. The highest BCUT2D eigenvalue weighted by atomic mass is 35.5. The Hall–Kier alpha value is -2.22. The van der Waals surface area contributed by atoms with Gasteiger partial charge in [0.05, 0.1) is 17.6 Å². The average Bonchev–Trinajstić information content (AvgIpc) is 2.93. The number of aliphatic hydroxyl groups is 1. The number of fused-ring (bicyclic) bond motifs is 2. The van der Waals surface area contributed by atoms with Crippen LogP contribution in [0.1, 0.15) is 37.8 Å². The Balaban J connectivity index is 1.42. The molecule has 1 aromatic carbocycles. The molecule has 30 heavy (non-hydrogen) atoms. The Labute approximate surface area is 182 Å². The summed E-state index contributed by atoms with van der Waals surface area (Å²) < 4.78 is 0. The Kier molecular flexibility index (Phi) is 5.46. The number of anilines is 2. The summed E-state index contributed by atoms with van der Waals surface area (Å²) in [5.74, 6) is 0.674. The number of rotatable bonds is 5. The molecule has 2 aliphatic rings. The number of likely N-dealkylation sites (N-methyl/N-ethyl adjacent to an activating group) is 1. The fourth-order valence-corrected chi connectivity index (χ4v) is 4.58. The molecule has 1 spiro atoms. The van der Waals surface area contributed by atoms with Gasteiger partial charge in [0, 0.05) is 42.3 Å². The molecule has 1 fully saturated rings. The maximum Gasteiger partial charge on any atom is 0.237 e. The van der Waals surface area contributed by atoms with E-state index in [1.807, 2.05) is 51.5 Å². The van der Waals surface area contributed by atoms with E-state index in [1.54, 1.807) is 4.90 Å². The first-order valence-electron chi connectivity index (χ1n) is 10.2. The first-order valence-corrected chi connectivity index (χ1v) is 10.6. The lowest BCUT2D eigenvalue weighted by atomic mass is 9.73. The quantitative estimate of drug-likeness (QED) is 0.760. The average molecular weight is 430 g/mol. The second kappa shape index (κ2) is 7.80. The maximum atomic E-state index is 13.1. The number of halogens is 1. The van der Waals surface area contributed by atoms with Crippen LogP contribution in [-0.4, -0.2) is 58.2 Å². The summed E-state index contributed by atoms with van der Waals surface area (Å²) in [6.45, 7) is 6.16. The van der Waals surface area contributed by atoms with E-state index in [0.717, 1.165) is 49.3 Å². The fourth-order valence-electron chi connectivity index (χ4n) is 4.41. The standard InChI is InChI=1S/C22H28ClN5O2/c1-21(2,14-29)26-20-24-11-15(12-25-20)13-28-8-6-22(7-9-28)17-10-16(23)4-5-18(17)27(3)19(22)30/h4-5,10-12,29H,6-9,13-14H2,1-3H3,(H,24,25,26). The number of benzene rings is 1. The topological polar surface area (TPSA) is 81.6 Å². The van der Waals surface area contributed by atoms with Crippen LogP contribution in [0.2, 0.25) is 5.02 Å². The molecule has 2 aliphatic heterocycles. The second-order valence-electron chi connectivity index (χ2n) is 8.97. The number of hydrogen-bond acceptors (Lipinski definition) is 6. The van der Waals surface area contributed by atoms with E-state index in [-0.39, 0.29) is 12.5 Å². The van der Waals surface area contributed by atoms with Crippen LogP contribution in [0.15, 0.2) is 30.6 Å².